The zero-order chi connectivity index (χ0) is 13.0. The molecule has 0 saturated carbocycles. The summed E-state index contributed by atoms with van der Waals surface area (Å²) in [5.74, 6) is -0.363. The van der Waals surface area contributed by atoms with E-state index in [9.17, 15) is 9.90 Å². The minimum absolute atomic E-state index is 0.184. The van der Waals surface area contributed by atoms with Crippen LogP contribution in [0, 0.1) is 0 Å². The lowest BCUT2D eigenvalue weighted by atomic mass is 10.1. The normalized spacial score (nSPS) is 12.2. The molecule has 0 heterocycles. The fourth-order valence-electron chi connectivity index (χ4n) is 1.59. The lowest BCUT2D eigenvalue weighted by Crippen LogP contribution is -2.33. The SMILES string of the molecule is CCN(CC(N)=O)c1ccc([C@H](C)O)cc1Br. The molecule has 1 aromatic rings. The molecule has 94 valence electrons. The molecule has 5 heteroatoms. The minimum atomic E-state index is -0.508. The molecule has 0 radical (unpaired) electrons. The standard InChI is InChI=1S/C12H17BrN2O2/c1-3-15(7-12(14)17)11-5-4-9(8(2)16)6-10(11)13/h4-6,8,16H,3,7H2,1-2H3,(H2,14,17)/t8-/m0/s1. The molecule has 1 amide bonds. The number of hydrogen-bond donors (Lipinski definition) is 2. The zero-order valence-electron chi connectivity index (χ0n) is 9.98. The Morgan fingerprint density at radius 2 is 2.24 bits per heavy atom. The fourth-order valence-corrected chi connectivity index (χ4v) is 2.24. The number of aliphatic hydroxyl groups is 1. The number of aliphatic hydroxyl groups excluding tert-OH is 1. The number of amides is 1. The second-order valence-corrected chi connectivity index (χ2v) is 4.72. The van der Waals surface area contributed by atoms with Gasteiger partial charge in [-0.2, -0.15) is 0 Å². The summed E-state index contributed by atoms with van der Waals surface area (Å²) in [6.07, 6.45) is -0.508. The van der Waals surface area contributed by atoms with Crippen LogP contribution in [-0.2, 0) is 4.79 Å². The van der Waals surface area contributed by atoms with E-state index >= 15 is 0 Å². The summed E-state index contributed by atoms with van der Waals surface area (Å²) in [4.78, 5) is 12.8. The summed E-state index contributed by atoms with van der Waals surface area (Å²) < 4.78 is 0.846. The summed E-state index contributed by atoms with van der Waals surface area (Å²) in [5, 5.41) is 9.47. The Hall–Kier alpha value is -1.07. The second-order valence-electron chi connectivity index (χ2n) is 3.87. The first-order valence-corrected chi connectivity index (χ1v) is 6.25. The second kappa shape index (κ2) is 6.02. The highest BCUT2D eigenvalue weighted by Gasteiger charge is 2.12. The third-order valence-electron chi connectivity index (χ3n) is 2.52. The number of halogens is 1. The molecule has 0 saturated heterocycles. The van der Waals surface area contributed by atoms with E-state index in [0.717, 1.165) is 15.7 Å². The molecule has 0 aliphatic carbocycles. The molecule has 0 bridgehead atoms. The molecular weight excluding hydrogens is 284 g/mol. The topological polar surface area (TPSA) is 66.6 Å². The van der Waals surface area contributed by atoms with Gasteiger partial charge in [0.2, 0.25) is 5.91 Å². The van der Waals surface area contributed by atoms with Crippen LogP contribution in [0.1, 0.15) is 25.5 Å². The first-order chi connectivity index (χ1) is 7.95. The van der Waals surface area contributed by atoms with Gasteiger partial charge in [-0.15, -0.1) is 0 Å². The van der Waals surface area contributed by atoms with Crippen LogP contribution in [0.5, 0.6) is 0 Å². The summed E-state index contributed by atoms with van der Waals surface area (Å²) in [6.45, 7) is 4.54. The number of nitrogens with zero attached hydrogens (tertiary/aromatic N) is 1. The van der Waals surface area contributed by atoms with Crippen LogP contribution in [0.25, 0.3) is 0 Å². The van der Waals surface area contributed by atoms with Crippen LogP contribution < -0.4 is 10.6 Å². The van der Waals surface area contributed by atoms with Crippen LogP contribution in [0.4, 0.5) is 5.69 Å². The van der Waals surface area contributed by atoms with Crippen LogP contribution in [0.15, 0.2) is 22.7 Å². The maximum Gasteiger partial charge on any atom is 0.236 e. The third kappa shape index (κ3) is 3.71. The quantitative estimate of drug-likeness (QED) is 0.871. The van der Waals surface area contributed by atoms with Crippen molar-refractivity contribution in [3.8, 4) is 0 Å². The zero-order valence-corrected chi connectivity index (χ0v) is 11.6. The van der Waals surface area contributed by atoms with E-state index in [-0.39, 0.29) is 12.5 Å². The average Bonchev–Trinajstić information content (AvgIpc) is 2.25. The number of anilines is 1. The summed E-state index contributed by atoms with van der Waals surface area (Å²) in [7, 11) is 0. The van der Waals surface area contributed by atoms with E-state index in [4.69, 9.17) is 5.73 Å². The molecule has 1 atom stereocenters. The van der Waals surface area contributed by atoms with Gasteiger partial charge in [0.1, 0.15) is 0 Å². The van der Waals surface area contributed by atoms with Crippen LogP contribution >= 0.6 is 15.9 Å². The maximum absolute atomic E-state index is 11.0. The lowest BCUT2D eigenvalue weighted by molar-refractivity contribution is -0.116. The van der Waals surface area contributed by atoms with Crippen molar-refractivity contribution in [1.82, 2.24) is 0 Å². The molecule has 0 spiro atoms. The Morgan fingerprint density at radius 3 is 2.65 bits per heavy atom. The van der Waals surface area contributed by atoms with E-state index in [2.05, 4.69) is 15.9 Å². The van der Waals surface area contributed by atoms with Crippen molar-refractivity contribution in [2.45, 2.75) is 20.0 Å². The van der Waals surface area contributed by atoms with Crippen molar-refractivity contribution >= 4 is 27.5 Å². The van der Waals surface area contributed by atoms with Crippen molar-refractivity contribution in [2.24, 2.45) is 5.73 Å². The Balaban J connectivity index is 3.00. The van der Waals surface area contributed by atoms with Crippen LogP contribution in [0.2, 0.25) is 0 Å². The highest BCUT2D eigenvalue weighted by atomic mass is 79.9. The molecule has 1 rings (SSSR count). The monoisotopic (exact) mass is 300 g/mol. The number of carbonyl (C=O) groups excluding carboxylic acids is 1. The Labute approximate surface area is 110 Å². The number of rotatable bonds is 5. The van der Waals surface area contributed by atoms with Gasteiger partial charge in [0.05, 0.1) is 18.3 Å². The van der Waals surface area contributed by atoms with Crippen LogP contribution in [0.3, 0.4) is 0 Å². The maximum atomic E-state index is 11.0. The third-order valence-corrected chi connectivity index (χ3v) is 3.16. The van der Waals surface area contributed by atoms with Crippen molar-refractivity contribution < 1.29 is 9.90 Å². The smallest absolute Gasteiger partial charge is 0.236 e. The largest absolute Gasteiger partial charge is 0.389 e. The molecule has 0 aromatic heterocycles. The number of carbonyl (C=O) groups is 1. The highest BCUT2D eigenvalue weighted by Crippen LogP contribution is 2.29. The fraction of sp³-hybridized carbons (Fsp3) is 0.417. The molecule has 0 aliphatic heterocycles. The molecule has 3 N–H and O–H groups in total. The Morgan fingerprint density at radius 1 is 1.59 bits per heavy atom. The summed E-state index contributed by atoms with van der Waals surface area (Å²) in [6, 6.07) is 5.57. The van der Waals surface area contributed by atoms with E-state index in [1.807, 2.05) is 30.0 Å². The number of hydrogen-bond acceptors (Lipinski definition) is 3. The van der Waals surface area contributed by atoms with E-state index in [1.165, 1.54) is 0 Å². The van der Waals surface area contributed by atoms with E-state index in [1.54, 1.807) is 6.92 Å². The number of primary amides is 1. The first-order valence-electron chi connectivity index (χ1n) is 5.46. The molecule has 4 nitrogen and oxygen atoms in total. The van der Waals surface area contributed by atoms with Crippen molar-refractivity contribution in [1.29, 1.82) is 0 Å². The van der Waals surface area contributed by atoms with Gasteiger partial charge in [0.15, 0.2) is 0 Å². The molecular formula is C12H17BrN2O2. The van der Waals surface area contributed by atoms with Gasteiger partial charge in [0.25, 0.3) is 0 Å². The van der Waals surface area contributed by atoms with Gasteiger partial charge < -0.3 is 15.7 Å². The summed E-state index contributed by atoms with van der Waals surface area (Å²) >= 11 is 3.44. The summed E-state index contributed by atoms with van der Waals surface area (Å²) in [5.41, 5.74) is 6.93. The number of nitrogens with two attached hydrogens (primary N) is 1. The Bertz CT molecular complexity index is 407. The van der Waals surface area contributed by atoms with Crippen molar-refractivity contribution in [2.75, 3.05) is 18.0 Å². The van der Waals surface area contributed by atoms with Gasteiger partial charge >= 0.3 is 0 Å². The lowest BCUT2D eigenvalue weighted by Gasteiger charge is -2.23. The Kier molecular flexibility index (Phi) is 4.96. The molecule has 17 heavy (non-hydrogen) atoms. The molecule has 1 aromatic carbocycles. The number of likely N-dealkylation sites (N-methyl/N-ethyl adjacent to an activating group) is 1. The van der Waals surface area contributed by atoms with Gasteiger partial charge in [-0.05, 0) is 47.5 Å². The van der Waals surface area contributed by atoms with E-state index < -0.39 is 6.10 Å². The van der Waals surface area contributed by atoms with E-state index in [0.29, 0.717) is 6.54 Å². The van der Waals surface area contributed by atoms with Gasteiger partial charge in [-0.3, -0.25) is 4.79 Å². The predicted molar refractivity (Wildman–Crippen MR) is 71.9 cm³/mol. The van der Waals surface area contributed by atoms with Crippen molar-refractivity contribution in [3.63, 3.8) is 0 Å². The van der Waals surface area contributed by atoms with Crippen LogP contribution in [-0.4, -0.2) is 24.1 Å². The van der Waals surface area contributed by atoms with Crippen molar-refractivity contribution in [3.05, 3.63) is 28.2 Å². The average molecular weight is 301 g/mol. The highest BCUT2D eigenvalue weighted by molar-refractivity contribution is 9.10. The minimum Gasteiger partial charge on any atom is -0.389 e. The van der Waals surface area contributed by atoms with Gasteiger partial charge in [0, 0.05) is 11.0 Å². The molecule has 0 unspecified atom stereocenters. The molecule has 0 fully saturated rings. The van der Waals surface area contributed by atoms with Gasteiger partial charge in [-0.25, -0.2) is 0 Å². The number of benzene rings is 1. The first kappa shape index (κ1) is 14.0. The molecule has 0 aliphatic rings. The van der Waals surface area contributed by atoms with Gasteiger partial charge in [-0.1, -0.05) is 6.07 Å². The predicted octanol–water partition coefficient (Wildman–Crippen LogP) is 1.81.